The zero-order chi connectivity index (χ0) is 14.4. The number of aliphatic hydroxyl groups excluding tert-OH is 1. The molecule has 0 aliphatic heterocycles. The van der Waals surface area contributed by atoms with Gasteiger partial charge in [-0.15, -0.1) is 0 Å². The van der Waals surface area contributed by atoms with Crippen LogP contribution in [0, 0.1) is 0 Å². The number of carbonyl (C=O) groups is 1. The van der Waals surface area contributed by atoms with Crippen LogP contribution in [-0.2, 0) is 27.3 Å². The Morgan fingerprint density at radius 2 is 1.85 bits per heavy atom. The Hall–Kier alpha value is -1.39. The van der Waals surface area contributed by atoms with Crippen LogP contribution in [0.4, 0.5) is 0 Å². The molecule has 0 radical (unpaired) electrons. The minimum atomic E-state index is -0.238. The average Bonchev–Trinajstić information content (AvgIpc) is 2.48. The third-order valence-electron chi connectivity index (χ3n) is 3.80. The van der Waals surface area contributed by atoms with E-state index in [4.69, 9.17) is 9.47 Å². The lowest BCUT2D eigenvalue weighted by molar-refractivity contribution is -0.139. The second-order valence-corrected chi connectivity index (χ2v) is 5.26. The van der Waals surface area contributed by atoms with Crippen molar-refractivity contribution in [3.63, 3.8) is 0 Å². The fraction of sp³-hybridized carbons (Fsp3) is 0.562. The van der Waals surface area contributed by atoms with Gasteiger partial charge in [0, 0.05) is 0 Å². The van der Waals surface area contributed by atoms with Gasteiger partial charge < -0.3 is 14.6 Å². The summed E-state index contributed by atoms with van der Waals surface area (Å²) in [5, 5.41) is 9.48. The van der Waals surface area contributed by atoms with Crippen molar-refractivity contribution in [2.75, 3.05) is 7.11 Å². The van der Waals surface area contributed by atoms with Gasteiger partial charge in [-0.05, 0) is 36.8 Å². The van der Waals surface area contributed by atoms with Crippen LogP contribution < -0.4 is 0 Å². The topological polar surface area (TPSA) is 55.8 Å². The number of hydrogen-bond acceptors (Lipinski definition) is 4. The molecule has 0 amide bonds. The maximum absolute atomic E-state index is 11.4. The van der Waals surface area contributed by atoms with Gasteiger partial charge >= 0.3 is 5.97 Å². The van der Waals surface area contributed by atoms with Crippen molar-refractivity contribution in [2.24, 2.45) is 0 Å². The Balaban J connectivity index is 1.90. The molecule has 1 N–H and O–H groups in total. The van der Waals surface area contributed by atoms with Gasteiger partial charge in [-0.2, -0.15) is 0 Å². The highest BCUT2D eigenvalue weighted by Crippen LogP contribution is 2.22. The summed E-state index contributed by atoms with van der Waals surface area (Å²) >= 11 is 0. The molecule has 1 aliphatic carbocycles. The molecule has 0 bridgehead atoms. The van der Waals surface area contributed by atoms with E-state index >= 15 is 0 Å². The van der Waals surface area contributed by atoms with Crippen LogP contribution in [0.15, 0.2) is 24.3 Å². The minimum Gasteiger partial charge on any atom is -0.469 e. The highest BCUT2D eigenvalue weighted by molar-refractivity contribution is 5.72. The van der Waals surface area contributed by atoms with Crippen molar-refractivity contribution < 1.29 is 19.4 Å². The number of rotatable bonds is 5. The van der Waals surface area contributed by atoms with Crippen LogP contribution in [0.5, 0.6) is 0 Å². The first-order chi connectivity index (χ1) is 9.69. The monoisotopic (exact) mass is 278 g/mol. The zero-order valence-corrected chi connectivity index (χ0v) is 11.9. The van der Waals surface area contributed by atoms with E-state index in [0.29, 0.717) is 6.61 Å². The molecule has 1 aliphatic rings. The van der Waals surface area contributed by atoms with Crippen LogP contribution in [0.3, 0.4) is 0 Å². The summed E-state index contributed by atoms with van der Waals surface area (Å²) in [6, 6.07) is 7.78. The summed E-state index contributed by atoms with van der Waals surface area (Å²) in [6.07, 6.45) is 3.76. The first-order valence-corrected chi connectivity index (χ1v) is 7.12. The molecule has 0 unspecified atom stereocenters. The van der Waals surface area contributed by atoms with Crippen molar-refractivity contribution in [1.29, 1.82) is 0 Å². The lowest BCUT2D eigenvalue weighted by Crippen LogP contribution is -2.24. The van der Waals surface area contributed by atoms with Crippen LogP contribution in [0.2, 0.25) is 0 Å². The molecule has 4 nitrogen and oxygen atoms in total. The van der Waals surface area contributed by atoms with Crippen molar-refractivity contribution >= 4 is 5.97 Å². The van der Waals surface area contributed by atoms with E-state index in [-0.39, 0.29) is 24.6 Å². The van der Waals surface area contributed by atoms with E-state index in [9.17, 15) is 9.90 Å². The third kappa shape index (κ3) is 4.32. The SMILES string of the molecule is COC(=O)Cc1ccccc1COC1CCC(O)CC1. The van der Waals surface area contributed by atoms with E-state index in [2.05, 4.69) is 0 Å². The van der Waals surface area contributed by atoms with Crippen LogP contribution in [0.1, 0.15) is 36.8 Å². The lowest BCUT2D eigenvalue weighted by Gasteiger charge is -2.25. The third-order valence-corrected chi connectivity index (χ3v) is 3.80. The molecule has 4 heteroatoms. The first-order valence-electron chi connectivity index (χ1n) is 7.12. The second kappa shape index (κ2) is 7.41. The van der Waals surface area contributed by atoms with Crippen LogP contribution >= 0.6 is 0 Å². The Morgan fingerprint density at radius 1 is 1.20 bits per heavy atom. The number of esters is 1. The van der Waals surface area contributed by atoms with Gasteiger partial charge in [-0.25, -0.2) is 0 Å². The van der Waals surface area contributed by atoms with Gasteiger partial charge in [0.05, 0.1) is 32.3 Å². The van der Waals surface area contributed by atoms with E-state index in [1.54, 1.807) is 0 Å². The van der Waals surface area contributed by atoms with Gasteiger partial charge in [0.1, 0.15) is 0 Å². The van der Waals surface area contributed by atoms with Gasteiger partial charge in [0.15, 0.2) is 0 Å². The van der Waals surface area contributed by atoms with Crippen molar-refractivity contribution in [3.8, 4) is 0 Å². The normalized spacial score (nSPS) is 22.5. The molecule has 1 saturated carbocycles. The summed E-state index contributed by atoms with van der Waals surface area (Å²) < 4.78 is 10.6. The number of carbonyl (C=O) groups excluding carboxylic acids is 1. The summed E-state index contributed by atoms with van der Waals surface area (Å²) in [6.45, 7) is 0.508. The summed E-state index contributed by atoms with van der Waals surface area (Å²) in [5.41, 5.74) is 1.99. The first kappa shape index (κ1) is 15.0. The molecular weight excluding hydrogens is 256 g/mol. The van der Waals surface area contributed by atoms with Crippen molar-refractivity contribution in [1.82, 2.24) is 0 Å². The number of benzene rings is 1. The Morgan fingerprint density at radius 3 is 2.50 bits per heavy atom. The number of ether oxygens (including phenoxy) is 2. The largest absolute Gasteiger partial charge is 0.469 e. The lowest BCUT2D eigenvalue weighted by atomic mass is 9.95. The number of aliphatic hydroxyl groups is 1. The summed E-state index contributed by atoms with van der Waals surface area (Å²) in [5.74, 6) is -0.238. The molecule has 0 spiro atoms. The zero-order valence-electron chi connectivity index (χ0n) is 11.9. The Kier molecular flexibility index (Phi) is 5.56. The summed E-state index contributed by atoms with van der Waals surface area (Å²) in [4.78, 5) is 11.4. The van der Waals surface area contributed by atoms with Gasteiger partial charge in [-0.1, -0.05) is 24.3 Å². The van der Waals surface area contributed by atoms with Crippen molar-refractivity contribution in [3.05, 3.63) is 35.4 Å². The molecule has 0 saturated heterocycles. The van der Waals surface area contributed by atoms with E-state index in [0.717, 1.165) is 36.8 Å². The molecule has 0 heterocycles. The highest BCUT2D eigenvalue weighted by atomic mass is 16.5. The summed E-state index contributed by atoms with van der Waals surface area (Å²) in [7, 11) is 1.40. The quantitative estimate of drug-likeness (QED) is 0.839. The van der Waals surface area contributed by atoms with Gasteiger partial charge in [-0.3, -0.25) is 4.79 Å². The highest BCUT2D eigenvalue weighted by Gasteiger charge is 2.20. The minimum absolute atomic E-state index is 0.165. The van der Waals surface area contributed by atoms with E-state index in [1.165, 1.54) is 7.11 Å². The maximum atomic E-state index is 11.4. The van der Waals surface area contributed by atoms with Crippen LogP contribution in [-0.4, -0.2) is 30.4 Å². The molecule has 20 heavy (non-hydrogen) atoms. The predicted octanol–water partition coefficient (Wildman–Crippen LogP) is 2.22. The number of hydrogen-bond donors (Lipinski definition) is 1. The van der Waals surface area contributed by atoms with E-state index in [1.807, 2.05) is 24.3 Å². The fourth-order valence-electron chi connectivity index (χ4n) is 2.52. The predicted molar refractivity (Wildman–Crippen MR) is 75.2 cm³/mol. The number of methoxy groups -OCH3 is 1. The fourth-order valence-corrected chi connectivity index (χ4v) is 2.52. The van der Waals surface area contributed by atoms with Crippen LogP contribution in [0.25, 0.3) is 0 Å². The molecule has 0 atom stereocenters. The molecule has 110 valence electrons. The molecule has 0 aromatic heterocycles. The van der Waals surface area contributed by atoms with Gasteiger partial charge in [0.2, 0.25) is 0 Å². The molecule has 1 aromatic carbocycles. The second-order valence-electron chi connectivity index (χ2n) is 5.26. The van der Waals surface area contributed by atoms with E-state index < -0.39 is 0 Å². The molecule has 1 aromatic rings. The maximum Gasteiger partial charge on any atom is 0.309 e. The van der Waals surface area contributed by atoms with Gasteiger partial charge in [0.25, 0.3) is 0 Å². The molecule has 2 rings (SSSR count). The van der Waals surface area contributed by atoms with Crippen molar-refractivity contribution in [2.45, 2.75) is 50.9 Å². The Labute approximate surface area is 119 Å². The smallest absolute Gasteiger partial charge is 0.309 e. The Bertz CT molecular complexity index is 436. The average molecular weight is 278 g/mol. The standard InChI is InChI=1S/C16H22O4/c1-19-16(18)10-12-4-2-3-5-13(12)11-20-15-8-6-14(17)7-9-15/h2-5,14-15,17H,6-11H2,1H3. The molecular formula is C16H22O4. The molecule has 1 fully saturated rings.